The summed E-state index contributed by atoms with van der Waals surface area (Å²) >= 11 is 0.959. The number of barbiturate groups is 1. The highest BCUT2D eigenvalue weighted by Gasteiger charge is 2.63. The maximum Gasteiger partial charge on any atom is 0.328 e. The van der Waals surface area contributed by atoms with Gasteiger partial charge in [-0.15, -0.1) is 0 Å². The number of imide groups is 2. The van der Waals surface area contributed by atoms with Gasteiger partial charge in [0.05, 0.1) is 35.9 Å². The van der Waals surface area contributed by atoms with Gasteiger partial charge in [0.2, 0.25) is 17.4 Å². The van der Waals surface area contributed by atoms with Crippen LogP contribution in [0.1, 0.15) is 19.4 Å². The van der Waals surface area contributed by atoms with Crippen molar-refractivity contribution in [3.8, 4) is 0 Å². The van der Waals surface area contributed by atoms with Gasteiger partial charge >= 0.3 is 6.03 Å². The molecule has 13 heteroatoms. The maximum absolute atomic E-state index is 16.1. The summed E-state index contributed by atoms with van der Waals surface area (Å²) in [5.41, 5.74) is -1.34. The van der Waals surface area contributed by atoms with Gasteiger partial charge in [-0.05, 0) is 37.2 Å². The van der Waals surface area contributed by atoms with Crippen molar-refractivity contribution in [3.63, 3.8) is 0 Å². The molecule has 0 bridgehead atoms. The van der Waals surface area contributed by atoms with Crippen molar-refractivity contribution in [2.45, 2.75) is 38.5 Å². The Labute approximate surface area is 202 Å². The van der Waals surface area contributed by atoms with E-state index in [2.05, 4.69) is 22.4 Å². The molecule has 4 aliphatic heterocycles. The van der Waals surface area contributed by atoms with Crippen molar-refractivity contribution >= 4 is 57.3 Å². The second kappa shape index (κ2) is 7.28. The summed E-state index contributed by atoms with van der Waals surface area (Å²) < 4.78 is 27.4. The minimum atomic E-state index is -1.74. The van der Waals surface area contributed by atoms with Crippen LogP contribution in [0.2, 0.25) is 0 Å². The summed E-state index contributed by atoms with van der Waals surface area (Å²) in [5.74, 6) is -2.12. The van der Waals surface area contributed by atoms with E-state index in [1.807, 2.05) is 6.92 Å². The Kier molecular flexibility index (Phi) is 4.58. The smallest absolute Gasteiger partial charge is 0.328 e. The Morgan fingerprint density at radius 1 is 1.23 bits per heavy atom. The van der Waals surface area contributed by atoms with Crippen LogP contribution < -0.4 is 20.4 Å². The summed E-state index contributed by atoms with van der Waals surface area (Å²) in [4.78, 5) is 54.4. The molecule has 5 amide bonds. The molecule has 3 saturated heterocycles. The number of halogens is 1. The monoisotopic (exact) mass is 501 g/mol. The number of ether oxygens (including phenoxy) is 1. The van der Waals surface area contributed by atoms with E-state index < -0.39 is 41.2 Å². The molecule has 6 rings (SSSR count). The van der Waals surface area contributed by atoms with E-state index in [1.54, 1.807) is 17.9 Å². The van der Waals surface area contributed by atoms with Crippen molar-refractivity contribution in [2.24, 2.45) is 5.41 Å². The van der Waals surface area contributed by atoms with Crippen LogP contribution in [0.5, 0.6) is 0 Å². The molecule has 1 aromatic heterocycles. The van der Waals surface area contributed by atoms with E-state index in [1.165, 1.54) is 4.90 Å². The lowest BCUT2D eigenvalue weighted by molar-refractivity contribution is -0.153. The number of hydrogen-bond donors (Lipinski definition) is 2. The topological polar surface area (TPSA) is 134 Å². The van der Waals surface area contributed by atoms with E-state index in [-0.39, 0.29) is 53.3 Å². The van der Waals surface area contributed by atoms with Crippen molar-refractivity contribution in [1.82, 2.24) is 15.8 Å². The lowest BCUT2D eigenvalue weighted by Gasteiger charge is -2.55. The molecular weight excluding hydrogens is 481 g/mol. The summed E-state index contributed by atoms with van der Waals surface area (Å²) in [6.07, 6.45) is -1.16. The molecule has 2 aromatic rings. The molecule has 5 heterocycles. The van der Waals surface area contributed by atoms with Crippen LogP contribution in [0.15, 0.2) is 22.1 Å². The number of urea groups is 1. The van der Waals surface area contributed by atoms with Crippen LogP contribution >= 0.6 is 11.8 Å². The SMILES string of the molecule is C=C1CN(c2noc3c(F)c4c(cc23)CC2(C(=O)NC(=O)NC2=O)[C@H]2[C@H](C)O[C@H](C)CN42)C(=O)S1. The number of amides is 5. The molecule has 2 N–H and O–H groups in total. The zero-order valence-electron chi connectivity index (χ0n) is 18.7. The first-order valence-corrected chi connectivity index (χ1v) is 11.8. The molecule has 3 fully saturated rings. The zero-order chi connectivity index (χ0) is 24.8. The number of carbonyl (C=O) groups excluding carboxylic acids is 4. The van der Waals surface area contributed by atoms with Crippen LogP contribution in [-0.4, -0.2) is 59.6 Å². The standard InChI is InChI=1S/C22H20FN5O6S/c1-8-6-27-14-11(5-22(16(27)10(3)33-8)18(29)24-20(31)25-19(22)30)4-12-15(13(14)23)34-26-17(12)28-7-9(2)35-21(28)32/h4,8,10,16H,2,5-7H2,1,3H3,(H2,24,25,29,30,31)/t8-,10+,16-/m1/s1. The first-order valence-electron chi connectivity index (χ1n) is 11.0. The van der Waals surface area contributed by atoms with E-state index >= 15 is 4.39 Å². The Morgan fingerprint density at radius 3 is 2.60 bits per heavy atom. The van der Waals surface area contributed by atoms with E-state index in [0.717, 1.165) is 11.8 Å². The number of nitrogens with zero attached hydrogens (tertiary/aromatic N) is 3. The van der Waals surface area contributed by atoms with Gasteiger partial charge in [-0.2, -0.15) is 0 Å². The van der Waals surface area contributed by atoms with Crippen molar-refractivity contribution in [2.75, 3.05) is 22.9 Å². The number of nitrogens with one attached hydrogen (secondary N) is 2. The van der Waals surface area contributed by atoms with Crippen LogP contribution in [-0.2, 0) is 20.7 Å². The van der Waals surface area contributed by atoms with Crippen molar-refractivity contribution in [1.29, 1.82) is 0 Å². The quantitative estimate of drug-likeness (QED) is 0.563. The van der Waals surface area contributed by atoms with E-state index in [0.29, 0.717) is 10.5 Å². The Balaban J connectivity index is 1.58. The fourth-order valence-corrected chi connectivity index (χ4v) is 6.45. The predicted octanol–water partition coefficient (Wildman–Crippen LogP) is 2.04. The largest absolute Gasteiger partial charge is 0.372 e. The number of rotatable bonds is 1. The second-order valence-electron chi connectivity index (χ2n) is 9.21. The van der Waals surface area contributed by atoms with Gasteiger partial charge in [0.1, 0.15) is 0 Å². The summed E-state index contributed by atoms with van der Waals surface area (Å²) in [7, 11) is 0. The molecule has 0 unspecified atom stereocenters. The number of morpholine rings is 1. The number of fused-ring (bicyclic) bond motifs is 5. The Morgan fingerprint density at radius 2 is 1.94 bits per heavy atom. The summed E-state index contributed by atoms with van der Waals surface area (Å²) in [5, 5.41) is 8.27. The predicted molar refractivity (Wildman–Crippen MR) is 122 cm³/mol. The highest BCUT2D eigenvalue weighted by molar-refractivity contribution is 8.17. The highest BCUT2D eigenvalue weighted by Crippen LogP contribution is 2.50. The van der Waals surface area contributed by atoms with Crippen molar-refractivity contribution in [3.05, 3.63) is 28.9 Å². The summed E-state index contributed by atoms with van der Waals surface area (Å²) in [6.45, 7) is 7.72. The van der Waals surface area contributed by atoms with E-state index in [9.17, 15) is 19.2 Å². The van der Waals surface area contributed by atoms with Crippen LogP contribution in [0.25, 0.3) is 11.0 Å². The number of carbonyl (C=O) groups is 4. The van der Waals surface area contributed by atoms with Gasteiger partial charge in [-0.25, -0.2) is 9.18 Å². The third-order valence-corrected chi connectivity index (χ3v) is 7.80. The van der Waals surface area contributed by atoms with Gasteiger partial charge in [0.25, 0.3) is 5.24 Å². The van der Waals surface area contributed by atoms with Gasteiger partial charge in [-0.1, -0.05) is 11.7 Å². The average Bonchev–Trinajstić information content (AvgIpc) is 3.33. The fourth-order valence-electron chi connectivity index (χ4n) is 5.74. The van der Waals surface area contributed by atoms with Crippen LogP contribution in [0, 0.1) is 11.2 Å². The summed E-state index contributed by atoms with van der Waals surface area (Å²) in [6, 6.07) is -0.194. The first kappa shape index (κ1) is 22.0. The number of aromatic nitrogens is 1. The molecule has 0 radical (unpaired) electrons. The van der Waals surface area contributed by atoms with Gasteiger partial charge < -0.3 is 14.2 Å². The zero-order valence-corrected chi connectivity index (χ0v) is 19.5. The third-order valence-electron chi connectivity index (χ3n) is 6.99. The Bertz CT molecular complexity index is 1350. The number of thioether (sulfide) groups is 1. The molecule has 182 valence electrons. The van der Waals surface area contributed by atoms with Crippen molar-refractivity contribution < 1.29 is 32.8 Å². The number of benzene rings is 1. The van der Waals surface area contributed by atoms with Crippen LogP contribution in [0.3, 0.4) is 0 Å². The molecule has 4 aliphatic rings. The Hall–Kier alpha value is -3.45. The average molecular weight is 501 g/mol. The molecule has 0 saturated carbocycles. The lowest BCUT2D eigenvalue weighted by atomic mass is 9.66. The molecule has 1 spiro atoms. The molecule has 0 aliphatic carbocycles. The molecule has 3 atom stereocenters. The number of hydrogen-bond acceptors (Lipinski definition) is 9. The molecular formula is C22H20FN5O6S. The van der Waals surface area contributed by atoms with Gasteiger partial charge in [-0.3, -0.25) is 29.9 Å². The van der Waals surface area contributed by atoms with E-state index in [4.69, 9.17) is 9.26 Å². The third kappa shape index (κ3) is 2.91. The van der Waals surface area contributed by atoms with Gasteiger partial charge in [0.15, 0.2) is 17.1 Å². The second-order valence-corrected chi connectivity index (χ2v) is 10.3. The molecule has 35 heavy (non-hydrogen) atoms. The lowest BCUT2D eigenvalue weighted by Crippen LogP contribution is -2.75. The minimum Gasteiger partial charge on any atom is -0.372 e. The normalized spacial score (nSPS) is 27.9. The van der Waals surface area contributed by atoms with Crippen LogP contribution in [0.4, 0.5) is 25.5 Å². The molecule has 1 aromatic carbocycles. The number of anilines is 2. The maximum atomic E-state index is 16.1. The molecule has 11 nitrogen and oxygen atoms in total. The highest BCUT2D eigenvalue weighted by atomic mass is 32.2. The fraction of sp³-hybridized carbons (Fsp3) is 0.409. The first-order chi connectivity index (χ1) is 16.6. The minimum absolute atomic E-state index is 0.130. The van der Waals surface area contributed by atoms with Gasteiger partial charge in [0, 0.05) is 17.9 Å².